The molecular weight excluding hydrogens is 216 g/mol. The largest absolute Gasteiger partial charge is 0.296 e. The topological polar surface area (TPSA) is 16.1 Å². The van der Waals surface area contributed by atoms with Gasteiger partial charge in [-0.25, -0.2) is 4.98 Å². The van der Waals surface area contributed by atoms with Crippen LogP contribution in [-0.4, -0.2) is 28.9 Å². The Bertz CT molecular complexity index is 256. The van der Waals surface area contributed by atoms with Gasteiger partial charge >= 0.3 is 0 Å². The van der Waals surface area contributed by atoms with E-state index in [0.717, 1.165) is 24.6 Å². The lowest BCUT2D eigenvalue weighted by atomic mass is 10.3. The zero-order chi connectivity index (χ0) is 10.4. The molecule has 0 fully saturated rings. The summed E-state index contributed by atoms with van der Waals surface area (Å²) < 4.78 is 0. The average Bonchev–Trinajstić information content (AvgIpc) is 2.52. The molecule has 0 bridgehead atoms. The number of hydrogen-bond donors (Lipinski definition) is 0. The fraction of sp³-hybridized carbons (Fsp3) is 0.700. The first-order chi connectivity index (χ1) is 6.76. The maximum Gasteiger partial charge on any atom is 0.0897 e. The number of aromatic nitrogens is 1. The van der Waals surface area contributed by atoms with Crippen LogP contribution in [0.5, 0.6) is 0 Å². The van der Waals surface area contributed by atoms with Crippen LogP contribution >= 0.6 is 22.9 Å². The third-order valence-corrected chi connectivity index (χ3v) is 2.98. The molecule has 0 saturated heterocycles. The number of hydrogen-bond acceptors (Lipinski definition) is 3. The van der Waals surface area contributed by atoms with E-state index < -0.39 is 0 Å². The molecule has 0 atom stereocenters. The summed E-state index contributed by atoms with van der Waals surface area (Å²) in [5.74, 6) is 0.698. The van der Waals surface area contributed by atoms with Crippen LogP contribution in [0.1, 0.15) is 24.0 Å². The second-order valence-corrected chi connectivity index (χ2v) is 4.76. The van der Waals surface area contributed by atoms with Gasteiger partial charge in [0.15, 0.2) is 0 Å². The van der Waals surface area contributed by atoms with E-state index in [1.807, 2.05) is 6.92 Å². The van der Waals surface area contributed by atoms with E-state index in [9.17, 15) is 0 Å². The first-order valence-electron chi connectivity index (χ1n) is 4.95. The molecule has 0 N–H and O–H groups in total. The second kappa shape index (κ2) is 6.38. The van der Waals surface area contributed by atoms with Crippen LogP contribution in [0.4, 0.5) is 0 Å². The average molecular weight is 233 g/mol. The molecule has 0 aliphatic heterocycles. The fourth-order valence-corrected chi connectivity index (χ4v) is 2.26. The first kappa shape index (κ1) is 12.0. The highest BCUT2D eigenvalue weighted by Gasteiger charge is 2.06. The van der Waals surface area contributed by atoms with Crippen LogP contribution in [0.15, 0.2) is 5.38 Å². The Labute approximate surface area is 94.9 Å². The van der Waals surface area contributed by atoms with Crippen molar-refractivity contribution < 1.29 is 0 Å². The van der Waals surface area contributed by atoms with E-state index in [-0.39, 0.29) is 0 Å². The molecule has 0 spiro atoms. The molecule has 1 heterocycles. The van der Waals surface area contributed by atoms with Crippen molar-refractivity contribution in [3.63, 3.8) is 0 Å². The van der Waals surface area contributed by atoms with Gasteiger partial charge in [-0.3, -0.25) is 4.90 Å². The van der Waals surface area contributed by atoms with Gasteiger partial charge in [0.1, 0.15) is 0 Å². The van der Waals surface area contributed by atoms with Gasteiger partial charge in [-0.2, -0.15) is 0 Å². The van der Waals surface area contributed by atoms with Crippen molar-refractivity contribution in [1.82, 2.24) is 9.88 Å². The van der Waals surface area contributed by atoms with Crippen molar-refractivity contribution in [3.05, 3.63) is 16.1 Å². The number of thiazole rings is 1. The summed E-state index contributed by atoms with van der Waals surface area (Å²) in [6.45, 7) is 7.22. The minimum absolute atomic E-state index is 0.698. The van der Waals surface area contributed by atoms with Crippen molar-refractivity contribution in [2.45, 2.75) is 26.8 Å². The standard InChI is InChI=1S/C10H17ClN2S/c1-3-5-13(6-4-11)7-10-8-14-9(2)12-10/h8H,3-7H2,1-2H3. The maximum absolute atomic E-state index is 5.74. The number of nitrogens with zero attached hydrogens (tertiary/aromatic N) is 2. The van der Waals surface area contributed by atoms with Crippen LogP contribution < -0.4 is 0 Å². The van der Waals surface area contributed by atoms with Crippen molar-refractivity contribution in [2.24, 2.45) is 0 Å². The predicted molar refractivity (Wildman–Crippen MR) is 63.1 cm³/mol. The summed E-state index contributed by atoms with van der Waals surface area (Å²) in [6, 6.07) is 0. The normalized spacial score (nSPS) is 11.1. The van der Waals surface area contributed by atoms with Gasteiger partial charge in [0.25, 0.3) is 0 Å². The van der Waals surface area contributed by atoms with Gasteiger partial charge in [0.05, 0.1) is 10.7 Å². The fourth-order valence-electron chi connectivity index (χ4n) is 1.42. The zero-order valence-electron chi connectivity index (χ0n) is 8.79. The van der Waals surface area contributed by atoms with E-state index in [0.29, 0.717) is 5.88 Å². The Hall–Kier alpha value is -0.120. The van der Waals surface area contributed by atoms with E-state index in [4.69, 9.17) is 11.6 Å². The summed E-state index contributed by atoms with van der Waals surface area (Å²) in [5, 5.41) is 3.27. The number of halogens is 1. The monoisotopic (exact) mass is 232 g/mol. The van der Waals surface area contributed by atoms with Crippen molar-refractivity contribution in [3.8, 4) is 0 Å². The van der Waals surface area contributed by atoms with E-state index in [1.165, 1.54) is 12.1 Å². The zero-order valence-corrected chi connectivity index (χ0v) is 10.4. The predicted octanol–water partition coefficient (Wildman–Crippen LogP) is 2.90. The summed E-state index contributed by atoms with van der Waals surface area (Å²) in [6.07, 6.45) is 1.17. The Morgan fingerprint density at radius 1 is 1.50 bits per heavy atom. The van der Waals surface area contributed by atoms with Crippen molar-refractivity contribution >= 4 is 22.9 Å². The summed E-state index contributed by atoms with van der Waals surface area (Å²) in [4.78, 5) is 6.80. The molecule has 1 aromatic heterocycles. The lowest BCUT2D eigenvalue weighted by Crippen LogP contribution is -2.26. The van der Waals surface area contributed by atoms with Crippen LogP contribution in [0, 0.1) is 6.92 Å². The second-order valence-electron chi connectivity index (χ2n) is 3.32. The third kappa shape index (κ3) is 3.95. The van der Waals surface area contributed by atoms with Gasteiger partial charge in [-0.05, 0) is 19.9 Å². The Morgan fingerprint density at radius 3 is 2.79 bits per heavy atom. The Balaban J connectivity index is 2.46. The molecule has 14 heavy (non-hydrogen) atoms. The van der Waals surface area contributed by atoms with Gasteiger partial charge in [0.2, 0.25) is 0 Å². The Morgan fingerprint density at radius 2 is 2.29 bits per heavy atom. The van der Waals surface area contributed by atoms with Crippen LogP contribution in [0.3, 0.4) is 0 Å². The van der Waals surface area contributed by atoms with Crippen molar-refractivity contribution in [1.29, 1.82) is 0 Å². The SMILES string of the molecule is CCCN(CCCl)Cc1csc(C)n1. The summed E-state index contributed by atoms with van der Waals surface area (Å²) in [7, 11) is 0. The lowest BCUT2D eigenvalue weighted by molar-refractivity contribution is 0.279. The molecule has 80 valence electrons. The van der Waals surface area contributed by atoms with Crippen LogP contribution in [-0.2, 0) is 6.54 Å². The number of aryl methyl sites for hydroxylation is 1. The molecule has 0 aromatic carbocycles. The molecule has 4 heteroatoms. The highest BCUT2D eigenvalue weighted by Crippen LogP contribution is 2.10. The molecule has 0 aliphatic carbocycles. The number of alkyl halides is 1. The van der Waals surface area contributed by atoms with Gasteiger partial charge < -0.3 is 0 Å². The van der Waals surface area contributed by atoms with E-state index >= 15 is 0 Å². The van der Waals surface area contributed by atoms with Gasteiger partial charge in [-0.15, -0.1) is 22.9 Å². The molecule has 2 nitrogen and oxygen atoms in total. The maximum atomic E-state index is 5.74. The quantitative estimate of drug-likeness (QED) is 0.702. The highest BCUT2D eigenvalue weighted by molar-refractivity contribution is 7.09. The molecular formula is C10H17ClN2S. The van der Waals surface area contributed by atoms with Crippen molar-refractivity contribution in [2.75, 3.05) is 19.0 Å². The van der Waals surface area contributed by atoms with Gasteiger partial charge in [0, 0.05) is 24.3 Å². The molecule has 0 unspecified atom stereocenters. The summed E-state index contributed by atoms with van der Waals surface area (Å²) in [5.41, 5.74) is 1.17. The minimum Gasteiger partial charge on any atom is -0.296 e. The molecule has 0 saturated carbocycles. The minimum atomic E-state index is 0.698. The Kier molecular flexibility index (Phi) is 5.45. The summed E-state index contributed by atoms with van der Waals surface area (Å²) >= 11 is 7.46. The molecule has 0 amide bonds. The molecule has 1 aromatic rings. The van der Waals surface area contributed by atoms with Crippen LogP contribution in [0.2, 0.25) is 0 Å². The molecule has 1 rings (SSSR count). The van der Waals surface area contributed by atoms with E-state index in [1.54, 1.807) is 11.3 Å². The number of rotatable bonds is 6. The third-order valence-electron chi connectivity index (χ3n) is 1.99. The smallest absolute Gasteiger partial charge is 0.0897 e. The first-order valence-corrected chi connectivity index (χ1v) is 6.37. The lowest BCUT2D eigenvalue weighted by Gasteiger charge is -2.18. The highest BCUT2D eigenvalue weighted by atomic mass is 35.5. The van der Waals surface area contributed by atoms with E-state index in [2.05, 4.69) is 22.2 Å². The van der Waals surface area contributed by atoms with Gasteiger partial charge in [-0.1, -0.05) is 6.92 Å². The molecule has 0 aliphatic rings. The van der Waals surface area contributed by atoms with Crippen LogP contribution in [0.25, 0.3) is 0 Å². The molecule has 0 radical (unpaired) electrons.